The number of nitrogens with two attached hydrogens (primary N) is 1. The van der Waals surface area contributed by atoms with E-state index >= 15 is 0 Å². The number of hydrogen-bond donors (Lipinski definition) is 4. The molecule has 3 heterocycles. The van der Waals surface area contributed by atoms with Crippen molar-refractivity contribution < 1.29 is 4.74 Å². The molecular weight excluding hydrogens is 370 g/mol. The number of fused-ring (bicyclic) bond motifs is 1. The molecule has 1 aliphatic heterocycles. The molecule has 3 aliphatic rings. The predicted molar refractivity (Wildman–Crippen MR) is 108 cm³/mol. The molecule has 3 atom stereocenters. The molecule has 3 unspecified atom stereocenters. The summed E-state index contributed by atoms with van der Waals surface area (Å²) in [5, 5.41) is 8.21. The zero-order chi connectivity index (χ0) is 19.8. The number of anilines is 2. The topological polar surface area (TPSA) is 128 Å². The molecule has 2 saturated carbocycles. The molecule has 5 N–H and O–H groups in total. The van der Waals surface area contributed by atoms with Gasteiger partial charge < -0.3 is 15.8 Å². The lowest BCUT2D eigenvalue weighted by Crippen LogP contribution is -2.36. The Morgan fingerprint density at radius 2 is 2.21 bits per heavy atom. The summed E-state index contributed by atoms with van der Waals surface area (Å²) in [6.07, 6.45) is 7.27. The van der Waals surface area contributed by atoms with Crippen LogP contribution in [0.1, 0.15) is 49.5 Å². The number of aromatic nitrogens is 5. The maximum absolute atomic E-state index is 6.05. The molecule has 0 aromatic carbocycles. The van der Waals surface area contributed by atoms with Gasteiger partial charge in [0.05, 0.1) is 24.4 Å². The van der Waals surface area contributed by atoms with E-state index in [2.05, 4.69) is 32.2 Å². The van der Waals surface area contributed by atoms with E-state index in [9.17, 15) is 0 Å². The van der Waals surface area contributed by atoms with Gasteiger partial charge in [-0.3, -0.25) is 15.5 Å². The van der Waals surface area contributed by atoms with E-state index < -0.39 is 0 Å². The first-order chi connectivity index (χ1) is 14.1. The zero-order valence-corrected chi connectivity index (χ0v) is 16.8. The van der Waals surface area contributed by atoms with Crippen molar-refractivity contribution in [2.75, 3.05) is 31.3 Å². The number of nitrogens with one attached hydrogen (secondary N) is 3. The van der Waals surface area contributed by atoms with Gasteiger partial charge in [0.15, 0.2) is 0 Å². The number of hydrogen-bond acceptors (Lipinski definition) is 9. The van der Waals surface area contributed by atoms with Crippen LogP contribution in [0.4, 0.5) is 11.9 Å². The summed E-state index contributed by atoms with van der Waals surface area (Å²) in [4.78, 5) is 13.6. The molecule has 2 aromatic rings. The Bertz CT molecular complexity index is 865. The Kier molecular flexibility index (Phi) is 4.84. The van der Waals surface area contributed by atoms with Crippen LogP contribution in [0, 0.1) is 5.92 Å². The Labute approximate surface area is 170 Å². The number of rotatable bonds is 7. The molecule has 29 heavy (non-hydrogen) atoms. The Balaban J connectivity index is 1.32. The molecule has 2 aromatic heterocycles. The molecule has 10 heteroatoms. The van der Waals surface area contributed by atoms with Crippen LogP contribution in [0.15, 0.2) is 12.3 Å². The van der Waals surface area contributed by atoms with E-state index in [1.54, 1.807) is 7.11 Å². The molecule has 0 spiro atoms. The molecule has 156 valence electrons. The van der Waals surface area contributed by atoms with Gasteiger partial charge in [0.1, 0.15) is 5.82 Å². The first kappa shape index (κ1) is 18.7. The molecule has 0 amide bonds. The standard InChI is InChI=1S/C19H29N9O/c1-29-9-8-28-7-4-15(27-28)19(5-6-19)25-18-23-16(22-17(20)24-18)12-2-3-13-11-21-26-14(13)10-12/h4,7,12-14,21,26H,2-3,5-6,8-11H2,1H3,(H3,20,22,23,24,25). The van der Waals surface area contributed by atoms with Gasteiger partial charge in [-0.25, -0.2) is 0 Å². The van der Waals surface area contributed by atoms with Crippen molar-refractivity contribution in [3.8, 4) is 0 Å². The summed E-state index contributed by atoms with van der Waals surface area (Å²) >= 11 is 0. The van der Waals surface area contributed by atoms with Crippen LogP contribution in [0.2, 0.25) is 0 Å². The van der Waals surface area contributed by atoms with Crippen molar-refractivity contribution in [3.63, 3.8) is 0 Å². The third-order valence-corrected chi connectivity index (χ3v) is 6.44. The Morgan fingerprint density at radius 1 is 1.31 bits per heavy atom. The van der Waals surface area contributed by atoms with Crippen LogP contribution < -0.4 is 21.9 Å². The molecular formula is C19H29N9O. The normalized spacial score (nSPS) is 27.6. The second-order valence-electron chi connectivity index (χ2n) is 8.44. The molecule has 2 aliphatic carbocycles. The van der Waals surface area contributed by atoms with Crippen LogP contribution >= 0.6 is 0 Å². The second-order valence-corrected chi connectivity index (χ2v) is 8.44. The van der Waals surface area contributed by atoms with E-state index in [0.717, 1.165) is 50.3 Å². The smallest absolute Gasteiger partial charge is 0.228 e. The van der Waals surface area contributed by atoms with E-state index in [4.69, 9.17) is 20.6 Å². The maximum Gasteiger partial charge on any atom is 0.228 e. The molecule has 0 radical (unpaired) electrons. The lowest BCUT2D eigenvalue weighted by Gasteiger charge is -2.30. The van der Waals surface area contributed by atoms with Gasteiger partial charge in [-0.05, 0) is 44.1 Å². The lowest BCUT2D eigenvalue weighted by atomic mass is 9.79. The van der Waals surface area contributed by atoms with Gasteiger partial charge >= 0.3 is 0 Å². The van der Waals surface area contributed by atoms with Gasteiger partial charge in [0, 0.05) is 31.8 Å². The van der Waals surface area contributed by atoms with Gasteiger partial charge in [-0.1, -0.05) is 0 Å². The number of ether oxygens (including phenoxy) is 1. The van der Waals surface area contributed by atoms with Crippen LogP contribution in [-0.2, 0) is 16.8 Å². The van der Waals surface area contributed by atoms with E-state index in [-0.39, 0.29) is 11.5 Å². The number of methoxy groups -OCH3 is 1. The van der Waals surface area contributed by atoms with Crippen LogP contribution in [0.5, 0.6) is 0 Å². The lowest BCUT2D eigenvalue weighted by molar-refractivity contribution is 0.183. The van der Waals surface area contributed by atoms with E-state index in [0.29, 0.717) is 30.4 Å². The average molecular weight is 400 g/mol. The number of hydrazine groups is 1. The minimum absolute atomic E-state index is 0.210. The first-order valence-electron chi connectivity index (χ1n) is 10.5. The van der Waals surface area contributed by atoms with Crippen molar-refractivity contribution in [3.05, 3.63) is 23.8 Å². The average Bonchev–Trinajstić information content (AvgIpc) is 3.14. The highest BCUT2D eigenvalue weighted by Crippen LogP contribution is 2.47. The SMILES string of the molecule is COCCn1ccc(C2(Nc3nc(N)nc(C4CCC5CNNC5C4)n3)CC2)n1. The molecule has 5 rings (SSSR count). The monoisotopic (exact) mass is 399 g/mol. The van der Waals surface area contributed by atoms with Crippen molar-refractivity contribution >= 4 is 11.9 Å². The zero-order valence-electron chi connectivity index (χ0n) is 16.8. The van der Waals surface area contributed by atoms with Crippen LogP contribution in [-0.4, -0.2) is 51.0 Å². The molecule has 10 nitrogen and oxygen atoms in total. The Hall–Kier alpha value is -2.30. The Morgan fingerprint density at radius 3 is 3.03 bits per heavy atom. The quantitative estimate of drug-likeness (QED) is 0.533. The largest absolute Gasteiger partial charge is 0.383 e. The minimum atomic E-state index is -0.210. The molecule has 1 saturated heterocycles. The second kappa shape index (κ2) is 7.51. The minimum Gasteiger partial charge on any atom is -0.383 e. The highest BCUT2D eigenvalue weighted by atomic mass is 16.5. The molecule has 0 bridgehead atoms. The number of nitrogen functional groups attached to an aromatic ring is 1. The summed E-state index contributed by atoms with van der Waals surface area (Å²) in [5.41, 5.74) is 13.5. The molecule has 3 fully saturated rings. The van der Waals surface area contributed by atoms with Gasteiger partial charge in [-0.2, -0.15) is 20.1 Å². The maximum atomic E-state index is 6.05. The van der Waals surface area contributed by atoms with Crippen LogP contribution in [0.3, 0.4) is 0 Å². The van der Waals surface area contributed by atoms with Crippen molar-refractivity contribution in [2.45, 2.75) is 56.1 Å². The first-order valence-corrected chi connectivity index (χ1v) is 10.5. The van der Waals surface area contributed by atoms with Gasteiger partial charge in [0.2, 0.25) is 11.9 Å². The summed E-state index contributed by atoms with van der Waals surface area (Å²) in [5.74, 6) is 2.63. The summed E-state index contributed by atoms with van der Waals surface area (Å²) in [7, 11) is 1.70. The summed E-state index contributed by atoms with van der Waals surface area (Å²) < 4.78 is 7.05. The fourth-order valence-electron chi connectivity index (χ4n) is 4.57. The van der Waals surface area contributed by atoms with E-state index in [1.165, 1.54) is 6.42 Å². The number of nitrogens with zero attached hydrogens (tertiary/aromatic N) is 5. The fourth-order valence-corrected chi connectivity index (χ4v) is 4.57. The van der Waals surface area contributed by atoms with Crippen molar-refractivity contribution in [1.82, 2.24) is 35.6 Å². The highest BCUT2D eigenvalue weighted by Gasteiger charge is 2.47. The fraction of sp³-hybridized carbons (Fsp3) is 0.684. The van der Waals surface area contributed by atoms with Gasteiger partial charge in [0.25, 0.3) is 0 Å². The highest BCUT2D eigenvalue weighted by molar-refractivity contribution is 5.41. The third-order valence-electron chi connectivity index (χ3n) is 6.44. The van der Waals surface area contributed by atoms with E-state index in [1.807, 2.05) is 10.9 Å². The predicted octanol–water partition coefficient (Wildman–Crippen LogP) is 0.758. The van der Waals surface area contributed by atoms with Crippen molar-refractivity contribution in [2.24, 2.45) is 5.92 Å². The summed E-state index contributed by atoms with van der Waals surface area (Å²) in [6.45, 7) is 2.42. The van der Waals surface area contributed by atoms with Crippen LogP contribution in [0.25, 0.3) is 0 Å². The van der Waals surface area contributed by atoms with Crippen molar-refractivity contribution in [1.29, 1.82) is 0 Å². The van der Waals surface area contributed by atoms with Gasteiger partial charge in [-0.15, -0.1) is 0 Å². The third kappa shape index (κ3) is 3.79. The summed E-state index contributed by atoms with van der Waals surface area (Å²) in [6, 6.07) is 2.54.